The van der Waals surface area contributed by atoms with E-state index in [1.54, 1.807) is 12.1 Å². The van der Waals surface area contributed by atoms with Crippen LogP contribution in [0, 0.1) is 5.82 Å². The first-order valence-corrected chi connectivity index (χ1v) is 10.9. The zero-order valence-corrected chi connectivity index (χ0v) is 17.9. The minimum atomic E-state index is -4.78. The fourth-order valence-corrected chi connectivity index (χ4v) is 3.96. The molecule has 11 heteroatoms. The van der Waals surface area contributed by atoms with Crippen molar-refractivity contribution in [3.05, 3.63) is 89.2 Å². The smallest absolute Gasteiger partial charge is 0.416 e. The standard InChI is InChI=1S/C22H18F4N2O4S/c1-32-18-8-6-17(7-9-18)28-33(30,31)19-10-3-14(4-11-19)21(29)27-13-15-2-5-16(23)12-20(15)22(24,25)26/h2-12,28H,13H2,1H3,(H,27,29). The van der Waals surface area contributed by atoms with Crippen molar-refractivity contribution in [2.24, 2.45) is 0 Å². The third-order valence-corrected chi connectivity index (χ3v) is 5.98. The monoisotopic (exact) mass is 482 g/mol. The van der Waals surface area contributed by atoms with Crippen LogP contribution in [0.5, 0.6) is 5.75 Å². The molecule has 33 heavy (non-hydrogen) atoms. The van der Waals surface area contributed by atoms with E-state index in [-0.39, 0.29) is 16.0 Å². The van der Waals surface area contributed by atoms with Crippen LogP contribution in [0.2, 0.25) is 0 Å². The number of benzene rings is 3. The van der Waals surface area contributed by atoms with Crippen molar-refractivity contribution in [1.29, 1.82) is 0 Å². The SMILES string of the molecule is COc1ccc(NS(=O)(=O)c2ccc(C(=O)NCc3ccc(F)cc3C(F)(F)F)cc2)cc1. The highest BCUT2D eigenvalue weighted by Gasteiger charge is 2.33. The Balaban J connectivity index is 1.69. The summed E-state index contributed by atoms with van der Waals surface area (Å²) in [4.78, 5) is 12.2. The molecule has 2 N–H and O–H groups in total. The van der Waals surface area contributed by atoms with Gasteiger partial charge >= 0.3 is 6.18 Å². The number of hydrogen-bond donors (Lipinski definition) is 2. The van der Waals surface area contributed by atoms with Crippen molar-refractivity contribution < 1.29 is 35.5 Å². The maximum absolute atomic E-state index is 13.2. The summed E-state index contributed by atoms with van der Waals surface area (Å²) in [7, 11) is -2.46. The molecule has 0 aliphatic rings. The predicted octanol–water partition coefficient (Wildman–Crippen LogP) is 4.58. The van der Waals surface area contributed by atoms with Crippen molar-refractivity contribution in [3.8, 4) is 5.75 Å². The van der Waals surface area contributed by atoms with Crippen molar-refractivity contribution in [3.63, 3.8) is 0 Å². The fraction of sp³-hybridized carbons (Fsp3) is 0.136. The van der Waals surface area contributed by atoms with Crippen LogP contribution in [0.25, 0.3) is 0 Å². The van der Waals surface area contributed by atoms with Crippen LogP contribution >= 0.6 is 0 Å². The summed E-state index contributed by atoms with van der Waals surface area (Å²) in [6.07, 6.45) is -4.78. The van der Waals surface area contributed by atoms with E-state index < -0.39 is 40.0 Å². The zero-order chi connectivity index (χ0) is 24.2. The van der Waals surface area contributed by atoms with Gasteiger partial charge in [0.15, 0.2) is 0 Å². The summed E-state index contributed by atoms with van der Waals surface area (Å²) in [5, 5.41) is 2.32. The Kier molecular flexibility index (Phi) is 6.92. The zero-order valence-electron chi connectivity index (χ0n) is 17.1. The van der Waals surface area contributed by atoms with Gasteiger partial charge in [-0.2, -0.15) is 13.2 Å². The summed E-state index contributed by atoms with van der Waals surface area (Å²) in [5.74, 6) is -1.21. The van der Waals surface area contributed by atoms with Gasteiger partial charge in [-0.25, -0.2) is 12.8 Å². The lowest BCUT2D eigenvalue weighted by molar-refractivity contribution is -0.138. The summed E-state index contributed by atoms with van der Waals surface area (Å²) < 4.78 is 84.9. The molecule has 174 valence electrons. The maximum Gasteiger partial charge on any atom is 0.416 e. The van der Waals surface area contributed by atoms with Gasteiger partial charge in [-0.15, -0.1) is 0 Å². The average molecular weight is 482 g/mol. The number of ether oxygens (including phenoxy) is 1. The normalized spacial score (nSPS) is 11.7. The number of alkyl halides is 3. The molecule has 0 saturated heterocycles. The minimum Gasteiger partial charge on any atom is -0.497 e. The quantitative estimate of drug-likeness (QED) is 0.483. The number of methoxy groups -OCH3 is 1. The van der Waals surface area contributed by atoms with Crippen LogP contribution in [-0.4, -0.2) is 21.4 Å². The molecule has 3 aromatic rings. The number of anilines is 1. The number of halogens is 4. The number of rotatable bonds is 7. The highest BCUT2D eigenvalue weighted by molar-refractivity contribution is 7.92. The predicted molar refractivity (Wildman–Crippen MR) is 113 cm³/mol. The number of sulfonamides is 1. The van der Waals surface area contributed by atoms with Gasteiger partial charge in [0.1, 0.15) is 11.6 Å². The molecule has 0 bridgehead atoms. The molecule has 0 atom stereocenters. The molecule has 0 heterocycles. The Bertz CT molecular complexity index is 1240. The van der Waals surface area contributed by atoms with Gasteiger partial charge in [-0.1, -0.05) is 6.07 Å². The van der Waals surface area contributed by atoms with Crippen LogP contribution in [0.3, 0.4) is 0 Å². The van der Waals surface area contributed by atoms with Crippen LogP contribution in [0.4, 0.5) is 23.2 Å². The third-order valence-electron chi connectivity index (χ3n) is 4.59. The summed E-state index contributed by atoms with van der Waals surface area (Å²) in [6.45, 7) is -0.493. The molecule has 0 aromatic heterocycles. The summed E-state index contributed by atoms with van der Waals surface area (Å²) in [5.41, 5.74) is -1.15. The number of carbonyl (C=O) groups is 1. The van der Waals surface area contributed by atoms with Crippen LogP contribution < -0.4 is 14.8 Å². The van der Waals surface area contributed by atoms with Crippen molar-refractivity contribution in [1.82, 2.24) is 5.32 Å². The van der Waals surface area contributed by atoms with Gasteiger partial charge < -0.3 is 10.1 Å². The molecule has 0 radical (unpaired) electrons. The fourth-order valence-electron chi connectivity index (χ4n) is 2.90. The van der Waals surface area contributed by atoms with E-state index in [1.807, 2.05) is 0 Å². The molecular weight excluding hydrogens is 464 g/mol. The maximum atomic E-state index is 13.2. The second kappa shape index (κ2) is 9.49. The molecular formula is C22H18F4N2O4S. The third kappa shape index (κ3) is 6.01. The molecule has 6 nitrogen and oxygen atoms in total. The van der Waals surface area contributed by atoms with Gasteiger partial charge in [0, 0.05) is 17.8 Å². The lowest BCUT2D eigenvalue weighted by atomic mass is 10.1. The number of amides is 1. The van der Waals surface area contributed by atoms with E-state index >= 15 is 0 Å². The van der Waals surface area contributed by atoms with Gasteiger partial charge in [-0.3, -0.25) is 9.52 Å². The van der Waals surface area contributed by atoms with E-state index in [0.717, 1.165) is 12.1 Å². The van der Waals surface area contributed by atoms with Gasteiger partial charge in [0.25, 0.3) is 15.9 Å². The molecule has 3 rings (SSSR count). The van der Waals surface area contributed by atoms with Gasteiger partial charge in [0.05, 0.1) is 17.6 Å². The van der Waals surface area contributed by atoms with Crippen molar-refractivity contribution in [2.75, 3.05) is 11.8 Å². The highest BCUT2D eigenvalue weighted by Crippen LogP contribution is 2.32. The van der Waals surface area contributed by atoms with Crippen molar-refractivity contribution in [2.45, 2.75) is 17.6 Å². The molecule has 0 aliphatic carbocycles. The Morgan fingerprint density at radius 2 is 1.61 bits per heavy atom. The van der Waals surface area contributed by atoms with E-state index in [4.69, 9.17) is 4.74 Å². The first-order valence-electron chi connectivity index (χ1n) is 9.40. The van der Waals surface area contributed by atoms with Crippen LogP contribution in [0.15, 0.2) is 71.6 Å². The second-order valence-corrected chi connectivity index (χ2v) is 8.52. The molecule has 3 aromatic carbocycles. The summed E-state index contributed by atoms with van der Waals surface area (Å²) >= 11 is 0. The summed E-state index contributed by atoms with van der Waals surface area (Å²) in [6, 6.07) is 13.2. The average Bonchev–Trinajstić information content (AvgIpc) is 2.77. The molecule has 0 fully saturated rings. The molecule has 0 saturated carbocycles. The Labute approximate surface area is 187 Å². The lowest BCUT2D eigenvalue weighted by Gasteiger charge is -2.14. The van der Waals surface area contributed by atoms with E-state index in [0.29, 0.717) is 17.5 Å². The number of hydrogen-bond acceptors (Lipinski definition) is 4. The Morgan fingerprint density at radius 3 is 2.18 bits per heavy atom. The topological polar surface area (TPSA) is 84.5 Å². The Morgan fingerprint density at radius 1 is 0.970 bits per heavy atom. The molecule has 0 spiro atoms. The number of nitrogens with one attached hydrogen (secondary N) is 2. The van der Waals surface area contributed by atoms with Crippen LogP contribution in [0.1, 0.15) is 21.5 Å². The lowest BCUT2D eigenvalue weighted by Crippen LogP contribution is -2.24. The molecule has 0 unspecified atom stereocenters. The van der Waals surface area contributed by atoms with Gasteiger partial charge in [0.2, 0.25) is 0 Å². The molecule has 1 amide bonds. The molecule has 0 aliphatic heterocycles. The van der Waals surface area contributed by atoms with E-state index in [9.17, 15) is 30.8 Å². The largest absolute Gasteiger partial charge is 0.497 e. The van der Waals surface area contributed by atoms with Crippen molar-refractivity contribution >= 4 is 21.6 Å². The highest BCUT2D eigenvalue weighted by atomic mass is 32.2. The van der Waals surface area contributed by atoms with E-state index in [1.165, 1.54) is 43.5 Å². The van der Waals surface area contributed by atoms with Crippen LogP contribution in [-0.2, 0) is 22.7 Å². The Hall–Kier alpha value is -3.60. The minimum absolute atomic E-state index is 0.0362. The number of carbonyl (C=O) groups excluding carboxylic acids is 1. The first-order chi connectivity index (χ1) is 15.5. The van der Waals surface area contributed by atoms with E-state index in [2.05, 4.69) is 10.0 Å². The first kappa shape index (κ1) is 24.1. The second-order valence-electron chi connectivity index (χ2n) is 6.84. The van der Waals surface area contributed by atoms with Gasteiger partial charge in [-0.05, 0) is 66.2 Å².